The molecule has 0 spiro atoms. The van der Waals surface area contributed by atoms with E-state index in [1.54, 1.807) is 0 Å². The fraction of sp³-hybridized carbons (Fsp3) is 0.111. The molecule has 1 heterocycles. The van der Waals surface area contributed by atoms with E-state index in [0.29, 0.717) is 0 Å². The highest BCUT2D eigenvalue weighted by atomic mass is 15.0. The first-order valence-electron chi connectivity index (χ1n) is 16.4. The molecule has 6 aromatic carbocycles. The van der Waals surface area contributed by atoms with Gasteiger partial charge < -0.3 is 4.57 Å². The maximum absolute atomic E-state index is 2.57. The van der Waals surface area contributed by atoms with Crippen LogP contribution in [-0.2, 0) is 11.8 Å². The number of allylic oxidation sites excluding steroid dienone is 1. The van der Waals surface area contributed by atoms with Gasteiger partial charge in [0.05, 0.1) is 16.7 Å². The van der Waals surface area contributed by atoms with Crippen LogP contribution in [-0.4, -0.2) is 4.57 Å². The fourth-order valence-electron chi connectivity index (χ4n) is 8.14. The minimum absolute atomic E-state index is 0.0858. The first kappa shape index (κ1) is 27.0. The van der Waals surface area contributed by atoms with E-state index in [1.165, 1.54) is 82.8 Å². The Morgan fingerprint density at radius 1 is 0.543 bits per heavy atom. The highest BCUT2D eigenvalue weighted by molar-refractivity contribution is 6.10. The molecule has 7 aromatic rings. The largest absolute Gasteiger partial charge is 0.309 e. The molecule has 0 aliphatic heterocycles. The first-order chi connectivity index (χ1) is 22.6. The van der Waals surface area contributed by atoms with Crippen molar-refractivity contribution < 1.29 is 0 Å². The molecule has 0 saturated carbocycles. The highest BCUT2D eigenvalue weighted by Gasteiger charge is 2.37. The molecule has 1 heteroatoms. The van der Waals surface area contributed by atoms with Crippen LogP contribution in [0.1, 0.15) is 42.5 Å². The van der Waals surface area contributed by atoms with Gasteiger partial charge in [-0.15, -0.1) is 0 Å². The lowest BCUT2D eigenvalue weighted by Gasteiger charge is -2.22. The van der Waals surface area contributed by atoms with Gasteiger partial charge in [-0.1, -0.05) is 141 Å². The van der Waals surface area contributed by atoms with Gasteiger partial charge >= 0.3 is 0 Å². The second-order valence-electron chi connectivity index (χ2n) is 13.2. The number of hydrogen-bond acceptors (Lipinski definition) is 0. The van der Waals surface area contributed by atoms with Crippen molar-refractivity contribution in [2.45, 2.75) is 32.1 Å². The third kappa shape index (κ3) is 3.95. The molecular weight excluding hydrogens is 555 g/mol. The molecule has 0 atom stereocenters. The van der Waals surface area contributed by atoms with E-state index >= 15 is 0 Å². The topological polar surface area (TPSA) is 4.93 Å². The third-order valence-electron chi connectivity index (χ3n) is 10.3. The molecule has 0 N–H and O–H groups in total. The maximum Gasteiger partial charge on any atom is 0.0543 e. The van der Waals surface area contributed by atoms with E-state index in [4.69, 9.17) is 0 Å². The van der Waals surface area contributed by atoms with Crippen LogP contribution in [0.5, 0.6) is 0 Å². The molecule has 1 aromatic heterocycles. The summed E-state index contributed by atoms with van der Waals surface area (Å²) in [6.07, 6.45) is 6.75. The number of hydrogen-bond donors (Lipinski definition) is 0. The summed E-state index contributed by atoms with van der Waals surface area (Å²) in [6, 6.07) is 51.9. The molecule has 46 heavy (non-hydrogen) atoms. The Balaban J connectivity index is 1.56. The molecule has 2 aliphatic carbocycles. The molecule has 9 rings (SSSR count). The minimum Gasteiger partial charge on any atom is -0.309 e. The van der Waals surface area contributed by atoms with Crippen molar-refractivity contribution in [3.8, 4) is 27.9 Å². The van der Waals surface area contributed by atoms with Gasteiger partial charge in [0.2, 0.25) is 0 Å². The summed E-state index contributed by atoms with van der Waals surface area (Å²) in [7, 11) is 0. The van der Waals surface area contributed by atoms with E-state index in [2.05, 4.69) is 170 Å². The zero-order valence-electron chi connectivity index (χ0n) is 26.3. The van der Waals surface area contributed by atoms with E-state index in [0.717, 1.165) is 12.8 Å². The van der Waals surface area contributed by atoms with Crippen molar-refractivity contribution in [1.29, 1.82) is 0 Å². The van der Waals surface area contributed by atoms with E-state index in [-0.39, 0.29) is 5.41 Å². The van der Waals surface area contributed by atoms with E-state index in [9.17, 15) is 0 Å². The molecule has 1 nitrogen and oxygen atoms in total. The van der Waals surface area contributed by atoms with Crippen molar-refractivity contribution in [3.63, 3.8) is 0 Å². The zero-order valence-corrected chi connectivity index (χ0v) is 26.3. The van der Waals surface area contributed by atoms with Crippen molar-refractivity contribution in [2.24, 2.45) is 0 Å². The second-order valence-corrected chi connectivity index (χ2v) is 13.2. The van der Waals surface area contributed by atoms with Crippen molar-refractivity contribution in [2.75, 3.05) is 0 Å². The summed E-state index contributed by atoms with van der Waals surface area (Å²) in [5.74, 6) is 0. The third-order valence-corrected chi connectivity index (χ3v) is 10.3. The lowest BCUT2D eigenvalue weighted by atomic mass is 9.82. The lowest BCUT2D eigenvalue weighted by Crippen LogP contribution is -2.15. The monoisotopic (exact) mass is 589 g/mol. The van der Waals surface area contributed by atoms with Crippen molar-refractivity contribution >= 4 is 38.7 Å². The Labute approximate surface area is 270 Å². The van der Waals surface area contributed by atoms with E-state index in [1.807, 2.05) is 0 Å². The molecule has 0 saturated heterocycles. The van der Waals surface area contributed by atoms with Crippen LogP contribution in [0.15, 0.2) is 146 Å². The zero-order chi connectivity index (χ0) is 30.8. The Morgan fingerprint density at radius 2 is 1.24 bits per heavy atom. The molecule has 0 amide bonds. The summed E-state index contributed by atoms with van der Waals surface area (Å²) >= 11 is 0. The summed E-state index contributed by atoms with van der Waals surface area (Å²) in [5, 5.41) is 5.11. The van der Waals surface area contributed by atoms with Gasteiger partial charge in [-0.3, -0.25) is 0 Å². The molecule has 2 aliphatic rings. The number of aryl methyl sites for hydroxylation is 1. The maximum atomic E-state index is 2.57. The van der Waals surface area contributed by atoms with Crippen LogP contribution in [0, 0.1) is 0 Å². The van der Waals surface area contributed by atoms with Gasteiger partial charge in [-0.2, -0.15) is 0 Å². The first-order valence-corrected chi connectivity index (χ1v) is 16.4. The summed E-state index contributed by atoms with van der Waals surface area (Å²) in [6.45, 7) is 4.74. The number of benzene rings is 6. The predicted octanol–water partition coefficient (Wildman–Crippen LogP) is 12.0. The van der Waals surface area contributed by atoms with Gasteiger partial charge in [-0.25, -0.2) is 0 Å². The standard InChI is InChI=1S/C45H35N/c1-45(2)39-23-12-10-22-37(39)44-40(45)24-14-26-43(44)46-41-25-13-11-21-36(41)34-19-8-6-17-32(34)33-18-7-9-20-35(33)38-29-31(27-28-42(38)46)30-15-4-3-5-16-30/h3-8,10-19,21-29H,9,20H2,1-2H3. The van der Waals surface area contributed by atoms with Crippen LogP contribution in [0.4, 0.5) is 0 Å². The van der Waals surface area contributed by atoms with E-state index < -0.39 is 0 Å². The Morgan fingerprint density at radius 3 is 2.11 bits per heavy atom. The molecule has 0 radical (unpaired) electrons. The van der Waals surface area contributed by atoms with Crippen LogP contribution < -0.4 is 0 Å². The summed E-state index contributed by atoms with van der Waals surface area (Å²) in [5.41, 5.74) is 14.2. The van der Waals surface area contributed by atoms with Gasteiger partial charge in [0, 0.05) is 21.8 Å². The van der Waals surface area contributed by atoms with Gasteiger partial charge in [-0.05, 0) is 86.8 Å². The number of rotatable bonds is 2. The van der Waals surface area contributed by atoms with Crippen LogP contribution >= 0.6 is 0 Å². The van der Waals surface area contributed by atoms with Crippen LogP contribution in [0.2, 0.25) is 0 Å². The van der Waals surface area contributed by atoms with Crippen LogP contribution in [0.3, 0.4) is 0 Å². The lowest BCUT2D eigenvalue weighted by molar-refractivity contribution is 0.660. The summed E-state index contributed by atoms with van der Waals surface area (Å²) < 4.78 is 2.57. The Hall–Kier alpha value is -5.40. The normalized spacial score (nSPS) is 14.2. The SMILES string of the molecule is CC1(C)c2ccccc2-c2c(-n3c4ccc(-c5ccccc5)cc4c4c(c5ccccc5c5ccccc53)C=CCC4)cccc21. The fourth-order valence-corrected chi connectivity index (χ4v) is 8.14. The van der Waals surface area contributed by atoms with Gasteiger partial charge in [0.15, 0.2) is 0 Å². The Bertz CT molecular complexity index is 2440. The smallest absolute Gasteiger partial charge is 0.0543 e. The predicted molar refractivity (Wildman–Crippen MR) is 196 cm³/mol. The average molecular weight is 590 g/mol. The molecule has 220 valence electrons. The average Bonchev–Trinajstić information content (AvgIpc) is 3.37. The summed E-state index contributed by atoms with van der Waals surface area (Å²) in [4.78, 5) is 0. The molecule has 0 fully saturated rings. The van der Waals surface area contributed by atoms with Gasteiger partial charge in [0.25, 0.3) is 0 Å². The van der Waals surface area contributed by atoms with Gasteiger partial charge in [0.1, 0.15) is 0 Å². The second kappa shape index (κ2) is 10.3. The number of para-hydroxylation sites is 1. The Kier molecular flexibility index (Phi) is 6.05. The number of nitrogens with zero attached hydrogens (tertiary/aromatic N) is 1. The number of fused-ring (bicyclic) bond motifs is 10. The minimum atomic E-state index is -0.0858. The number of aromatic nitrogens is 1. The highest BCUT2D eigenvalue weighted by Crippen LogP contribution is 2.51. The molecule has 0 unspecified atom stereocenters. The van der Waals surface area contributed by atoms with Crippen molar-refractivity contribution in [3.05, 3.63) is 168 Å². The van der Waals surface area contributed by atoms with Crippen molar-refractivity contribution in [1.82, 2.24) is 4.57 Å². The van der Waals surface area contributed by atoms with Crippen LogP contribution in [0.25, 0.3) is 66.6 Å². The molecular formula is C45H35N. The quantitative estimate of drug-likeness (QED) is 0.189. The molecule has 0 bridgehead atoms.